The molecule has 0 heterocycles. The molecule has 172 valence electrons. The Kier molecular flexibility index (Phi) is 8.14. The summed E-state index contributed by atoms with van der Waals surface area (Å²) in [4.78, 5) is 0. The van der Waals surface area contributed by atoms with Gasteiger partial charge in [-0.1, -0.05) is 54.5 Å². The van der Waals surface area contributed by atoms with E-state index >= 15 is 0 Å². The highest BCUT2D eigenvalue weighted by molar-refractivity contribution is 5.32. The molecule has 0 saturated heterocycles. The van der Waals surface area contributed by atoms with E-state index in [0.717, 1.165) is 37.7 Å². The van der Waals surface area contributed by atoms with Crippen molar-refractivity contribution in [2.75, 3.05) is 0 Å². The summed E-state index contributed by atoms with van der Waals surface area (Å²) in [7, 11) is 0. The third-order valence-corrected chi connectivity index (χ3v) is 7.07. The fraction of sp³-hybridized carbons (Fsp3) is 0.630. The zero-order valence-corrected chi connectivity index (χ0v) is 19.3. The predicted octanol–water partition coefficient (Wildman–Crippen LogP) is 4.41. The summed E-state index contributed by atoms with van der Waals surface area (Å²) in [6.07, 6.45) is 8.49. The zero-order valence-electron chi connectivity index (χ0n) is 19.3. The summed E-state index contributed by atoms with van der Waals surface area (Å²) >= 11 is 0. The largest absolute Gasteiger partial charge is 0.390 e. The van der Waals surface area contributed by atoms with Crippen molar-refractivity contribution in [1.29, 1.82) is 0 Å². The molecule has 2 aliphatic carbocycles. The Morgan fingerprint density at radius 1 is 1.06 bits per heavy atom. The van der Waals surface area contributed by atoms with Gasteiger partial charge in [0.1, 0.15) is 6.10 Å². The normalized spacial score (nSPS) is 31.1. The minimum atomic E-state index is -1.04. The molecule has 2 fully saturated rings. The molecule has 4 heteroatoms. The maximum atomic E-state index is 9.95. The lowest BCUT2D eigenvalue weighted by molar-refractivity contribution is -0.0713. The van der Waals surface area contributed by atoms with Crippen molar-refractivity contribution in [2.24, 2.45) is 5.92 Å². The number of allylic oxidation sites excluding steroid dienone is 3. The highest BCUT2D eigenvalue weighted by Gasteiger charge is 2.31. The van der Waals surface area contributed by atoms with E-state index in [9.17, 15) is 20.4 Å². The van der Waals surface area contributed by atoms with E-state index < -0.39 is 23.9 Å². The summed E-state index contributed by atoms with van der Waals surface area (Å²) in [5.41, 5.74) is 4.56. The molecule has 2 saturated carbocycles. The van der Waals surface area contributed by atoms with Gasteiger partial charge in [-0.25, -0.2) is 0 Å². The number of benzene rings is 1. The minimum absolute atomic E-state index is 0.423. The van der Waals surface area contributed by atoms with Crippen molar-refractivity contribution in [3.05, 3.63) is 58.7 Å². The van der Waals surface area contributed by atoms with Crippen LogP contribution in [-0.4, -0.2) is 44.3 Å². The van der Waals surface area contributed by atoms with Gasteiger partial charge in [0.2, 0.25) is 0 Å². The molecule has 4 atom stereocenters. The van der Waals surface area contributed by atoms with Crippen LogP contribution in [0.4, 0.5) is 0 Å². The standard InChI is InChI=1S/C27H40O4/c1-18-21(13-12-20-16-24(28)26(30)25(29)17-20)9-5-11-23(18)22-10-4-7-19(15-22)8-6-14-27(2,3)31/h4,7,10,12-13,15,18,23-26,28-31H,5-6,8-9,11,14,16-17H2,1-3H3/b20-12?,21-13+/t18-,23-,24+,25+,26?/m0/s1. The summed E-state index contributed by atoms with van der Waals surface area (Å²) < 4.78 is 0. The van der Waals surface area contributed by atoms with Gasteiger partial charge in [0.25, 0.3) is 0 Å². The topological polar surface area (TPSA) is 80.9 Å². The third kappa shape index (κ3) is 6.76. The lowest BCUT2D eigenvalue weighted by Gasteiger charge is -2.32. The molecule has 4 N–H and O–H groups in total. The third-order valence-electron chi connectivity index (χ3n) is 7.07. The van der Waals surface area contributed by atoms with Gasteiger partial charge in [-0.2, -0.15) is 0 Å². The first-order chi connectivity index (χ1) is 14.6. The van der Waals surface area contributed by atoms with Crippen LogP contribution in [0.5, 0.6) is 0 Å². The molecule has 0 spiro atoms. The number of rotatable bonds is 6. The van der Waals surface area contributed by atoms with Crippen LogP contribution >= 0.6 is 0 Å². The average molecular weight is 429 g/mol. The summed E-state index contributed by atoms with van der Waals surface area (Å²) in [5, 5.41) is 39.6. The molecule has 1 aromatic carbocycles. The average Bonchev–Trinajstić information content (AvgIpc) is 2.70. The Balaban J connectivity index is 1.68. The van der Waals surface area contributed by atoms with Crippen LogP contribution in [0.3, 0.4) is 0 Å². The highest BCUT2D eigenvalue weighted by Crippen LogP contribution is 2.41. The Hall–Kier alpha value is -1.46. The van der Waals surface area contributed by atoms with Crippen molar-refractivity contribution >= 4 is 0 Å². The lowest BCUT2D eigenvalue weighted by atomic mass is 9.73. The Morgan fingerprint density at radius 3 is 2.45 bits per heavy atom. The Bertz CT molecular complexity index is 775. The van der Waals surface area contributed by atoms with Gasteiger partial charge in [-0.3, -0.25) is 0 Å². The predicted molar refractivity (Wildman–Crippen MR) is 125 cm³/mol. The molecule has 0 aromatic heterocycles. The van der Waals surface area contributed by atoms with E-state index in [-0.39, 0.29) is 0 Å². The van der Waals surface area contributed by atoms with Gasteiger partial charge in [-0.15, -0.1) is 0 Å². The van der Waals surface area contributed by atoms with E-state index in [1.807, 2.05) is 13.8 Å². The van der Waals surface area contributed by atoms with Crippen LogP contribution in [0, 0.1) is 5.92 Å². The molecule has 0 unspecified atom stereocenters. The van der Waals surface area contributed by atoms with Crippen molar-refractivity contribution < 1.29 is 20.4 Å². The molecule has 0 bridgehead atoms. The molecule has 2 aliphatic rings. The van der Waals surface area contributed by atoms with Gasteiger partial charge in [0, 0.05) is 0 Å². The maximum absolute atomic E-state index is 9.95. The summed E-state index contributed by atoms with van der Waals surface area (Å²) in [6, 6.07) is 8.95. The van der Waals surface area contributed by atoms with Crippen LogP contribution in [0.2, 0.25) is 0 Å². The maximum Gasteiger partial charge on any atom is 0.106 e. The monoisotopic (exact) mass is 428 g/mol. The van der Waals surface area contributed by atoms with E-state index in [0.29, 0.717) is 24.7 Å². The van der Waals surface area contributed by atoms with Crippen LogP contribution in [0.15, 0.2) is 47.6 Å². The van der Waals surface area contributed by atoms with Crippen molar-refractivity contribution in [3.63, 3.8) is 0 Å². The second kappa shape index (κ2) is 10.4. The van der Waals surface area contributed by atoms with Gasteiger partial charge in [0.15, 0.2) is 0 Å². The first-order valence-corrected chi connectivity index (χ1v) is 11.9. The number of hydrogen-bond donors (Lipinski definition) is 4. The van der Waals surface area contributed by atoms with Gasteiger partial charge in [-0.05, 0) is 88.2 Å². The van der Waals surface area contributed by atoms with E-state index in [1.165, 1.54) is 23.1 Å². The van der Waals surface area contributed by atoms with E-state index in [4.69, 9.17) is 0 Å². The smallest absolute Gasteiger partial charge is 0.106 e. The van der Waals surface area contributed by atoms with Crippen LogP contribution in [-0.2, 0) is 6.42 Å². The molecule has 4 nitrogen and oxygen atoms in total. The Morgan fingerprint density at radius 2 is 1.77 bits per heavy atom. The van der Waals surface area contributed by atoms with Crippen LogP contribution in [0.1, 0.15) is 82.8 Å². The lowest BCUT2D eigenvalue weighted by Crippen LogP contribution is -2.41. The first kappa shape index (κ1) is 24.2. The van der Waals surface area contributed by atoms with E-state index in [2.05, 4.69) is 43.3 Å². The van der Waals surface area contributed by atoms with Gasteiger partial charge < -0.3 is 20.4 Å². The van der Waals surface area contributed by atoms with Crippen LogP contribution in [0.25, 0.3) is 0 Å². The molecular formula is C27H40O4. The minimum Gasteiger partial charge on any atom is -0.390 e. The summed E-state index contributed by atoms with van der Waals surface area (Å²) in [5.74, 6) is 0.943. The molecular weight excluding hydrogens is 388 g/mol. The molecule has 3 rings (SSSR count). The van der Waals surface area contributed by atoms with Gasteiger partial charge >= 0.3 is 0 Å². The molecule has 0 radical (unpaired) electrons. The fourth-order valence-electron chi connectivity index (χ4n) is 5.14. The van der Waals surface area contributed by atoms with Crippen LogP contribution < -0.4 is 0 Å². The second-order valence-electron chi connectivity index (χ2n) is 10.3. The number of aryl methyl sites for hydroxylation is 1. The zero-order chi connectivity index (χ0) is 22.6. The van der Waals surface area contributed by atoms with Gasteiger partial charge in [0.05, 0.1) is 17.8 Å². The SMILES string of the molecule is C[C@H]1/C(=C/C=C2C[C@@H](O)C(O)[C@H](O)C2)CCC[C@@H]1c1cccc(CCCC(C)(C)O)c1. The quantitative estimate of drug-likeness (QED) is 0.541. The fourth-order valence-corrected chi connectivity index (χ4v) is 5.14. The Labute approximate surface area is 187 Å². The second-order valence-corrected chi connectivity index (χ2v) is 10.3. The molecule has 1 aromatic rings. The molecule has 0 amide bonds. The van der Waals surface area contributed by atoms with Crippen molar-refractivity contribution in [2.45, 2.75) is 102 Å². The van der Waals surface area contributed by atoms with Crippen molar-refractivity contribution in [1.82, 2.24) is 0 Å². The number of aliphatic hydroxyl groups excluding tert-OH is 3. The summed E-state index contributed by atoms with van der Waals surface area (Å²) in [6.45, 7) is 6.05. The first-order valence-electron chi connectivity index (χ1n) is 11.9. The molecule has 0 aliphatic heterocycles. The molecule has 31 heavy (non-hydrogen) atoms. The number of aliphatic hydroxyl groups is 4. The highest BCUT2D eigenvalue weighted by atomic mass is 16.4. The number of hydrogen-bond acceptors (Lipinski definition) is 4. The van der Waals surface area contributed by atoms with E-state index in [1.54, 1.807) is 0 Å². The van der Waals surface area contributed by atoms with Crippen molar-refractivity contribution in [3.8, 4) is 0 Å².